The molecule has 24 heavy (non-hydrogen) atoms. The summed E-state index contributed by atoms with van der Waals surface area (Å²) < 4.78 is 5.45. The highest BCUT2D eigenvalue weighted by Gasteiger charge is 2.43. The van der Waals surface area contributed by atoms with E-state index in [0.717, 1.165) is 23.4 Å². The summed E-state index contributed by atoms with van der Waals surface area (Å²) in [6, 6.07) is 3.84. The summed E-state index contributed by atoms with van der Waals surface area (Å²) in [6.07, 6.45) is 6.75. The lowest BCUT2D eigenvalue weighted by molar-refractivity contribution is -0.378. The van der Waals surface area contributed by atoms with Crippen molar-refractivity contribution in [2.45, 2.75) is 45.6 Å². The Morgan fingerprint density at radius 2 is 2.00 bits per heavy atom. The molecule has 0 saturated carbocycles. The summed E-state index contributed by atoms with van der Waals surface area (Å²) in [5.74, 6) is -0.851. The molecule has 2 heterocycles. The zero-order valence-corrected chi connectivity index (χ0v) is 14.3. The molecule has 2 atom stereocenters. The second kappa shape index (κ2) is 6.59. The van der Waals surface area contributed by atoms with E-state index in [4.69, 9.17) is 4.74 Å². The van der Waals surface area contributed by atoms with Gasteiger partial charge < -0.3 is 10.1 Å². The number of ketones is 1. The van der Waals surface area contributed by atoms with Crippen molar-refractivity contribution in [1.82, 2.24) is 5.32 Å². The fraction of sp³-hybridized carbons (Fsp3) is 0.421. The molecule has 2 N–H and O–H groups in total. The number of H-pyrrole nitrogens is 1. The first-order valence-corrected chi connectivity index (χ1v) is 8.36. The molecule has 3 rings (SSSR count). The van der Waals surface area contributed by atoms with Crippen molar-refractivity contribution >= 4 is 11.8 Å². The van der Waals surface area contributed by atoms with Gasteiger partial charge in [-0.1, -0.05) is 6.08 Å². The third-order valence-corrected chi connectivity index (χ3v) is 4.48. The van der Waals surface area contributed by atoms with Gasteiger partial charge in [-0.05, 0) is 32.8 Å². The van der Waals surface area contributed by atoms with Gasteiger partial charge in [-0.25, -0.2) is 9.78 Å². The van der Waals surface area contributed by atoms with Crippen LogP contribution in [-0.2, 0) is 14.3 Å². The molecule has 126 valence electrons. The van der Waals surface area contributed by atoms with Crippen LogP contribution in [-0.4, -0.2) is 17.9 Å². The van der Waals surface area contributed by atoms with E-state index in [-0.39, 0.29) is 29.7 Å². The largest absolute Gasteiger partial charge is 0.460 e. The van der Waals surface area contributed by atoms with Gasteiger partial charge in [-0.15, -0.1) is 0 Å². The topological polar surface area (TPSA) is 69.5 Å². The molecule has 2 unspecified atom stereocenters. The second-order valence-corrected chi connectivity index (χ2v) is 6.57. The van der Waals surface area contributed by atoms with E-state index in [0.29, 0.717) is 12.0 Å². The van der Waals surface area contributed by atoms with Crippen molar-refractivity contribution in [2.24, 2.45) is 5.92 Å². The quantitative estimate of drug-likeness (QED) is 0.865. The highest BCUT2D eigenvalue weighted by molar-refractivity contribution is 5.96. The number of carbonyl (C=O) groups excluding carboxylic acids is 2. The average Bonchev–Trinajstić information content (AvgIpc) is 2.53. The summed E-state index contributed by atoms with van der Waals surface area (Å²) in [5.41, 5.74) is 3.15. The van der Waals surface area contributed by atoms with Gasteiger partial charge >= 0.3 is 5.97 Å². The predicted octanol–water partition coefficient (Wildman–Crippen LogP) is 2.28. The number of ether oxygens (including phenoxy) is 1. The summed E-state index contributed by atoms with van der Waals surface area (Å²) >= 11 is 0. The van der Waals surface area contributed by atoms with Gasteiger partial charge in [0.25, 0.3) is 0 Å². The normalized spacial score (nSPS) is 23.5. The van der Waals surface area contributed by atoms with Gasteiger partial charge in [0.2, 0.25) is 0 Å². The molecule has 2 aliphatic rings. The van der Waals surface area contributed by atoms with Gasteiger partial charge in [0.15, 0.2) is 12.4 Å². The Labute approximate surface area is 141 Å². The lowest BCUT2D eigenvalue weighted by atomic mass is 9.71. The monoisotopic (exact) mass is 327 g/mol. The van der Waals surface area contributed by atoms with Crippen molar-refractivity contribution < 1.29 is 19.3 Å². The first-order chi connectivity index (χ1) is 11.5. The number of Topliss-reactive ketones (excluding diaryl/α,β-unsaturated/α-hetero) is 1. The predicted molar refractivity (Wildman–Crippen MR) is 88.6 cm³/mol. The number of nitrogens with one attached hydrogen (secondary N) is 2. The minimum Gasteiger partial charge on any atom is -0.460 e. The maximum Gasteiger partial charge on any atom is 0.336 e. The van der Waals surface area contributed by atoms with Crippen LogP contribution in [0.2, 0.25) is 0 Å². The van der Waals surface area contributed by atoms with E-state index < -0.39 is 0 Å². The average molecular weight is 327 g/mol. The Kier molecular flexibility index (Phi) is 4.51. The van der Waals surface area contributed by atoms with E-state index in [1.165, 1.54) is 0 Å². The van der Waals surface area contributed by atoms with Crippen molar-refractivity contribution in [2.75, 3.05) is 0 Å². The number of aromatic amines is 1. The molecule has 1 aromatic heterocycles. The lowest BCUT2D eigenvalue weighted by Gasteiger charge is -2.37. The number of hydrogen-bond donors (Lipinski definition) is 1. The number of rotatable bonds is 3. The Bertz CT molecular complexity index is 719. The molecule has 1 aliphatic carbocycles. The molecule has 0 spiro atoms. The maximum absolute atomic E-state index is 12.7. The highest BCUT2D eigenvalue weighted by Crippen LogP contribution is 2.43. The SMILES string of the molecule is CC1=C(C(=O)OC(C)C)C(c2cc[nH+]cc2)C2C(=O)CCC=C2N1. The molecule has 0 radical (unpaired) electrons. The van der Waals surface area contributed by atoms with Crippen LogP contribution in [0.25, 0.3) is 0 Å². The zero-order valence-electron chi connectivity index (χ0n) is 14.3. The van der Waals surface area contributed by atoms with Crippen molar-refractivity contribution in [3.8, 4) is 0 Å². The zero-order chi connectivity index (χ0) is 17.3. The summed E-state index contributed by atoms with van der Waals surface area (Å²) in [5, 5.41) is 3.26. The summed E-state index contributed by atoms with van der Waals surface area (Å²) in [7, 11) is 0. The summed E-state index contributed by atoms with van der Waals surface area (Å²) in [6.45, 7) is 5.52. The van der Waals surface area contributed by atoms with E-state index in [2.05, 4.69) is 16.4 Å². The van der Waals surface area contributed by atoms with Crippen LogP contribution in [0.5, 0.6) is 0 Å². The number of pyridine rings is 1. The Hall–Kier alpha value is -2.43. The molecule has 1 aromatic rings. The van der Waals surface area contributed by atoms with Crippen LogP contribution >= 0.6 is 0 Å². The second-order valence-electron chi connectivity index (χ2n) is 6.57. The number of hydrogen-bond acceptors (Lipinski definition) is 4. The first-order valence-electron chi connectivity index (χ1n) is 8.36. The number of fused-ring (bicyclic) bond motifs is 1. The fourth-order valence-corrected chi connectivity index (χ4v) is 3.53. The van der Waals surface area contributed by atoms with Crippen LogP contribution in [0.4, 0.5) is 0 Å². The molecular formula is C19H23N2O3+. The highest BCUT2D eigenvalue weighted by atomic mass is 16.5. The molecule has 0 fully saturated rings. The minimum absolute atomic E-state index is 0.167. The van der Waals surface area contributed by atoms with Gasteiger partial charge in [0, 0.05) is 35.9 Å². The molecule has 0 bridgehead atoms. The molecular weight excluding hydrogens is 304 g/mol. The van der Waals surface area contributed by atoms with Crippen molar-refractivity contribution in [3.05, 3.63) is 53.1 Å². The van der Waals surface area contributed by atoms with Crippen molar-refractivity contribution in [1.29, 1.82) is 0 Å². The standard InChI is InChI=1S/C19H22N2O3/c1-11(2)24-19(23)16-12(3)21-14-5-4-6-15(22)18(14)17(16)13-7-9-20-10-8-13/h5,7-11,17-18,21H,4,6H2,1-3H3/p+1. The Morgan fingerprint density at radius 1 is 1.29 bits per heavy atom. The van der Waals surface area contributed by atoms with Gasteiger partial charge in [-0.2, -0.15) is 0 Å². The third kappa shape index (κ3) is 2.98. The van der Waals surface area contributed by atoms with E-state index in [1.807, 2.05) is 45.3 Å². The van der Waals surface area contributed by atoms with Gasteiger partial charge in [-0.3, -0.25) is 4.79 Å². The molecule has 5 nitrogen and oxygen atoms in total. The minimum atomic E-state index is -0.356. The van der Waals surface area contributed by atoms with Crippen LogP contribution in [0.1, 0.15) is 45.1 Å². The number of aromatic nitrogens is 1. The maximum atomic E-state index is 12.7. The molecule has 1 aliphatic heterocycles. The third-order valence-electron chi connectivity index (χ3n) is 4.48. The van der Waals surface area contributed by atoms with Gasteiger partial charge in [0.05, 0.1) is 17.6 Å². The molecule has 0 amide bonds. The van der Waals surface area contributed by atoms with E-state index in [9.17, 15) is 9.59 Å². The van der Waals surface area contributed by atoms with Gasteiger partial charge in [0.1, 0.15) is 5.78 Å². The Morgan fingerprint density at radius 3 is 2.67 bits per heavy atom. The van der Waals surface area contributed by atoms with E-state index in [1.54, 1.807) is 0 Å². The molecule has 0 aromatic carbocycles. The van der Waals surface area contributed by atoms with Crippen LogP contribution in [0.15, 0.2) is 47.6 Å². The number of esters is 1. The first kappa shape index (κ1) is 16.4. The van der Waals surface area contributed by atoms with Crippen LogP contribution in [0, 0.1) is 5.92 Å². The summed E-state index contributed by atoms with van der Waals surface area (Å²) in [4.78, 5) is 28.4. The van der Waals surface area contributed by atoms with Crippen LogP contribution in [0.3, 0.4) is 0 Å². The van der Waals surface area contributed by atoms with E-state index >= 15 is 0 Å². The van der Waals surface area contributed by atoms with Crippen LogP contribution < -0.4 is 10.3 Å². The molecule has 5 heteroatoms. The Balaban J connectivity index is 2.13. The smallest absolute Gasteiger partial charge is 0.336 e. The van der Waals surface area contributed by atoms with Crippen molar-refractivity contribution in [3.63, 3.8) is 0 Å². The molecule has 0 saturated heterocycles. The fourth-order valence-electron chi connectivity index (χ4n) is 3.53. The number of allylic oxidation sites excluding steroid dienone is 3. The number of carbonyl (C=O) groups is 2. The lowest BCUT2D eigenvalue weighted by Crippen LogP contribution is -2.41.